The fraction of sp³-hybridized carbons (Fsp3) is 0.571. The average Bonchev–Trinajstić information content (AvgIpc) is 2.30. The second kappa shape index (κ2) is 11.3. The summed E-state index contributed by atoms with van der Waals surface area (Å²) in [7, 11) is 0. The predicted octanol–water partition coefficient (Wildman–Crippen LogP) is 1.34. The first-order chi connectivity index (χ1) is 7.83. The molecule has 0 saturated carbocycles. The number of hydrogen-bond acceptors (Lipinski definition) is 2. The van der Waals surface area contributed by atoms with Crippen LogP contribution in [0, 0.1) is 0 Å². The van der Waals surface area contributed by atoms with Crippen molar-refractivity contribution in [1.82, 2.24) is 0 Å². The fourth-order valence-electron chi connectivity index (χ4n) is 1.61. The third-order valence-electron chi connectivity index (χ3n) is 2.59. The van der Waals surface area contributed by atoms with Crippen LogP contribution in [0.4, 0.5) is 0 Å². The van der Waals surface area contributed by atoms with Gasteiger partial charge in [0.15, 0.2) is 0 Å². The maximum atomic E-state index is 5.62. The minimum absolute atomic E-state index is 0. The molecule has 1 rings (SSSR count). The van der Waals surface area contributed by atoms with Crippen LogP contribution in [0.15, 0.2) is 29.2 Å². The molecule has 0 N–H and O–H groups in total. The van der Waals surface area contributed by atoms with Gasteiger partial charge in [-0.3, -0.25) is 0 Å². The van der Waals surface area contributed by atoms with Gasteiger partial charge in [-0.1, -0.05) is 51.2 Å². The molecule has 0 heterocycles. The van der Waals surface area contributed by atoms with E-state index >= 15 is 0 Å². The SMILES string of the molecule is CCCCCCCCOc1ccc([S-])cc1.[Na+]. The van der Waals surface area contributed by atoms with Crippen LogP contribution < -0.4 is 34.3 Å². The van der Waals surface area contributed by atoms with Gasteiger partial charge in [-0.05, 0) is 18.6 Å². The number of unbranched alkanes of at least 4 members (excludes halogenated alkanes) is 5. The van der Waals surface area contributed by atoms with Gasteiger partial charge in [0.1, 0.15) is 5.75 Å². The Morgan fingerprint density at radius 1 is 0.941 bits per heavy atom. The molecule has 0 amide bonds. The van der Waals surface area contributed by atoms with Crippen molar-refractivity contribution in [2.75, 3.05) is 6.61 Å². The monoisotopic (exact) mass is 260 g/mol. The Morgan fingerprint density at radius 2 is 1.53 bits per heavy atom. The average molecular weight is 260 g/mol. The minimum Gasteiger partial charge on any atom is -0.780 e. The van der Waals surface area contributed by atoms with E-state index in [-0.39, 0.29) is 29.6 Å². The molecular weight excluding hydrogens is 239 g/mol. The minimum atomic E-state index is 0. The normalized spacial score (nSPS) is 9.71. The van der Waals surface area contributed by atoms with Crippen LogP contribution in [-0.4, -0.2) is 6.61 Å². The number of hydrogen-bond donors (Lipinski definition) is 0. The largest absolute Gasteiger partial charge is 1.00 e. The van der Waals surface area contributed by atoms with E-state index in [0.717, 1.165) is 23.7 Å². The van der Waals surface area contributed by atoms with E-state index < -0.39 is 0 Å². The van der Waals surface area contributed by atoms with Gasteiger partial charge in [-0.2, -0.15) is 4.90 Å². The molecule has 0 aliphatic rings. The van der Waals surface area contributed by atoms with Crippen molar-refractivity contribution in [1.29, 1.82) is 0 Å². The fourth-order valence-corrected chi connectivity index (χ4v) is 1.74. The van der Waals surface area contributed by atoms with Gasteiger partial charge >= 0.3 is 29.6 Å². The number of ether oxygens (including phenoxy) is 1. The molecule has 0 aliphatic carbocycles. The third-order valence-corrected chi connectivity index (χ3v) is 2.86. The summed E-state index contributed by atoms with van der Waals surface area (Å²) in [6, 6.07) is 7.71. The van der Waals surface area contributed by atoms with Crippen molar-refractivity contribution < 1.29 is 34.3 Å². The van der Waals surface area contributed by atoms with Gasteiger partial charge in [0.25, 0.3) is 0 Å². The van der Waals surface area contributed by atoms with Crippen molar-refractivity contribution in [2.45, 2.75) is 50.3 Å². The van der Waals surface area contributed by atoms with Gasteiger partial charge in [-0.15, -0.1) is 0 Å². The van der Waals surface area contributed by atoms with Gasteiger partial charge in [0, 0.05) is 0 Å². The van der Waals surface area contributed by atoms with E-state index in [1.165, 1.54) is 32.1 Å². The van der Waals surface area contributed by atoms with Gasteiger partial charge in [0.2, 0.25) is 0 Å². The summed E-state index contributed by atoms with van der Waals surface area (Å²) in [5.74, 6) is 0.933. The Balaban J connectivity index is 0.00000256. The van der Waals surface area contributed by atoms with Gasteiger partial charge in [0.05, 0.1) is 6.61 Å². The molecule has 0 spiro atoms. The van der Waals surface area contributed by atoms with E-state index in [0.29, 0.717) is 0 Å². The number of benzene rings is 1. The second-order valence-corrected chi connectivity index (χ2v) is 4.56. The Hall–Kier alpha value is 0.240. The zero-order valence-electron chi connectivity index (χ0n) is 11.1. The van der Waals surface area contributed by atoms with E-state index in [1.807, 2.05) is 24.3 Å². The molecule has 0 radical (unpaired) electrons. The van der Waals surface area contributed by atoms with Crippen molar-refractivity contribution in [3.63, 3.8) is 0 Å². The van der Waals surface area contributed by atoms with Crippen LogP contribution in [0.25, 0.3) is 0 Å². The maximum absolute atomic E-state index is 5.62. The first-order valence-corrected chi connectivity index (χ1v) is 6.63. The summed E-state index contributed by atoms with van der Waals surface area (Å²) < 4.78 is 5.62. The molecule has 0 atom stereocenters. The molecule has 0 saturated heterocycles. The summed E-state index contributed by atoms with van der Waals surface area (Å²) in [5.41, 5.74) is 0. The van der Waals surface area contributed by atoms with Crippen molar-refractivity contribution in [3.8, 4) is 5.75 Å². The van der Waals surface area contributed by atoms with Gasteiger partial charge < -0.3 is 17.4 Å². The van der Waals surface area contributed by atoms with Crippen molar-refractivity contribution in [3.05, 3.63) is 24.3 Å². The maximum Gasteiger partial charge on any atom is 1.00 e. The predicted molar refractivity (Wildman–Crippen MR) is 70.9 cm³/mol. The van der Waals surface area contributed by atoms with E-state index in [2.05, 4.69) is 6.92 Å². The zero-order chi connectivity index (χ0) is 11.6. The van der Waals surface area contributed by atoms with Crippen LogP contribution in [0.2, 0.25) is 0 Å². The molecule has 0 bridgehead atoms. The topological polar surface area (TPSA) is 9.23 Å². The molecule has 1 aromatic carbocycles. The molecule has 1 nitrogen and oxygen atoms in total. The van der Waals surface area contributed by atoms with Crippen LogP contribution >= 0.6 is 0 Å². The molecule has 17 heavy (non-hydrogen) atoms. The van der Waals surface area contributed by atoms with E-state index in [9.17, 15) is 0 Å². The molecule has 0 aromatic heterocycles. The molecule has 90 valence electrons. The van der Waals surface area contributed by atoms with E-state index in [4.69, 9.17) is 17.4 Å². The first-order valence-electron chi connectivity index (χ1n) is 6.23. The summed E-state index contributed by atoms with van der Waals surface area (Å²) >= 11 is 5.01. The summed E-state index contributed by atoms with van der Waals surface area (Å²) in [6.45, 7) is 3.06. The summed E-state index contributed by atoms with van der Waals surface area (Å²) in [6.07, 6.45) is 7.80. The van der Waals surface area contributed by atoms with Crippen LogP contribution in [0.1, 0.15) is 45.4 Å². The summed E-state index contributed by atoms with van der Waals surface area (Å²) in [5, 5.41) is 0. The first kappa shape index (κ1) is 17.2. The Kier molecular flexibility index (Phi) is 11.5. The summed E-state index contributed by atoms with van der Waals surface area (Å²) in [4.78, 5) is 0.868. The van der Waals surface area contributed by atoms with Crippen LogP contribution in [0.5, 0.6) is 5.75 Å². The van der Waals surface area contributed by atoms with Crippen molar-refractivity contribution >= 4 is 12.6 Å². The molecular formula is C14H21NaOS. The zero-order valence-corrected chi connectivity index (χ0v) is 13.9. The van der Waals surface area contributed by atoms with E-state index in [1.54, 1.807) is 0 Å². The third kappa shape index (κ3) is 8.90. The Labute approximate surface area is 133 Å². The molecule has 1 aromatic rings. The quantitative estimate of drug-likeness (QED) is 0.396. The molecule has 0 unspecified atom stereocenters. The Bertz CT molecular complexity index is 274. The smallest absolute Gasteiger partial charge is 0.780 e. The second-order valence-electron chi connectivity index (χ2n) is 4.09. The van der Waals surface area contributed by atoms with Crippen LogP contribution in [0.3, 0.4) is 0 Å². The van der Waals surface area contributed by atoms with Crippen molar-refractivity contribution in [2.24, 2.45) is 0 Å². The Morgan fingerprint density at radius 3 is 2.18 bits per heavy atom. The van der Waals surface area contributed by atoms with Crippen LogP contribution in [-0.2, 0) is 12.6 Å². The number of rotatable bonds is 8. The molecule has 0 fully saturated rings. The standard InChI is InChI=1S/C14H22OS.Na/c1-2-3-4-5-6-7-12-15-13-8-10-14(16)11-9-13;/h8-11,16H,2-7,12H2,1H3;/q;+1/p-1. The molecule has 0 aliphatic heterocycles. The molecule has 3 heteroatoms. The van der Waals surface area contributed by atoms with Gasteiger partial charge in [-0.25, -0.2) is 0 Å².